The minimum atomic E-state index is 0.374. The third kappa shape index (κ3) is 3.41. The minimum Gasteiger partial charge on any atom is -0.294 e. The number of carbonyl (C=O) groups excluding carboxylic acids is 1. The fourth-order valence-electron chi connectivity index (χ4n) is 1.67. The highest BCUT2D eigenvalue weighted by Crippen LogP contribution is 2.30. The van der Waals surface area contributed by atoms with Crippen LogP contribution in [0.4, 0.5) is 0 Å². The monoisotopic (exact) mass is 292 g/mol. The SMILES string of the molecule is CCCCC(=O)C(I)=C1CCCC1. The number of carbonyl (C=O) groups is 1. The molecule has 13 heavy (non-hydrogen) atoms. The molecule has 0 aromatic rings. The molecule has 0 aliphatic heterocycles. The number of Topliss-reactive ketones (excluding diaryl/α,β-unsaturated/α-hetero) is 1. The quantitative estimate of drug-likeness (QED) is 0.565. The molecule has 0 aromatic heterocycles. The molecular formula is C11H17IO. The second kappa shape index (κ2) is 5.78. The number of hydrogen-bond donors (Lipinski definition) is 0. The molecule has 0 unspecified atom stereocenters. The van der Waals surface area contributed by atoms with E-state index in [4.69, 9.17) is 0 Å². The van der Waals surface area contributed by atoms with Crippen LogP contribution < -0.4 is 0 Å². The molecule has 0 atom stereocenters. The van der Waals surface area contributed by atoms with Crippen molar-refractivity contribution in [3.05, 3.63) is 9.15 Å². The van der Waals surface area contributed by atoms with E-state index in [-0.39, 0.29) is 0 Å². The molecule has 1 aliphatic rings. The van der Waals surface area contributed by atoms with Gasteiger partial charge in [-0.25, -0.2) is 0 Å². The van der Waals surface area contributed by atoms with E-state index in [0.717, 1.165) is 35.7 Å². The predicted molar refractivity (Wildman–Crippen MR) is 64.0 cm³/mol. The van der Waals surface area contributed by atoms with E-state index < -0.39 is 0 Å². The highest BCUT2D eigenvalue weighted by atomic mass is 127. The molecule has 0 aromatic carbocycles. The largest absolute Gasteiger partial charge is 0.294 e. The number of unbranched alkanes of at least 4 members (excludes halogenated alkanes) is 1. The average molecular weight is 292 g/mol. The summed E-state index contributed by atoms with van der Waals surface area (Å²) in [6, 6.07) is 0. The molecule has 1 rings (SSSR count). The standard InChI is InChI=1S/C11H17IO/c1-2-3-8-10(13)11(12)9-6-4-5-7-9/h2-8H2,1H3. The van der Waals surface area contributed by atoms with Crippen molar-refractivity contribution in [1.82, 2.24) is 0 Å². The normalized spacial score (nSPS) is 16.3. The molecule has 0 spiro atoms. The molecular weight excluding hydrogens is 275 g/mol. The van der Waals surface area contributed by atoms with Crippen LogP contribution in [0.3, 0.4) is 0 Å². The number of rotatable bonds is 4. The Morgan fingerprint density at radius 3 is 2.54 bits per heavy atom. The van der Waals surface area contributed by atoms with Gasteiger partial charge in [-0.15, -0.1) is 0 Å². The summed E-state index contributed by atoms with van der Waals surface area (Å²) in [5.41, 5.74) is 1.42. The highest BCUT2D eigenvalue weighted by molar-refractivity contribution is 14.1. The number of hydrogen-bond acceptors (Lipinski definition) is 1. The molecule has 0 saturated heterocycles. The summed E-state index contributed by atoms with van der Waals surface area (Å²) in [5.74, 6) is 0.374. The van der Waals surface area contributed by atoms with Gasteiger partial charge in [0.05, 0.1) is 3.58 Å². The van der Waals surface area contributed by atoms with Gasteiger partial charge in [0.25, 0.3) is 0 Å². The average Bonchev–Trinajstić information content (AvgIpc) is 2.65. The number of allylic oxidation sites excluding steroid dienone is 2. The van der Waals surface area contributed by atoms with Crippen LogP contribution in [0, 0.1) is 0 Å². The van der Waals surface area contributed by atoms with Crippen LogP contribution in [0.5, 0.6) is 0 Å². The van der Waals surface area contributed by atoms with Gasteiger partial charge in [-0.05, 0) is 54.7 Å². The first-order valence-electron chi connectivity index (χ1n) is 5.16. The van der Waals surface area contributed by atoms with Gasteiger partial charge >= 0.3 is 0 Å². The van der Waals surface area contributed by atoms with E-state index in [0.29, 0.717) is 5.78 Å². The maximum Gasteiger partial charge on any atom is 0.168 e. The zero-order valence-electron chi connectivity index (χ0n) is 8.24. The van der Waals surface area contributed by atoms with Crippen molar-refractivity contribution in [2.24, 2.45) is 0 Å². The first-order valence-corrected chi connectivity index (χ1v) is 6.24. The van der Waals surface area contributed by atoms with Crippen LogP contribution in [-0.4, -0.2) is 5.78 Å². The van der Waals surface area contributed by atoms with Crippen LogP contribution in [0.15, 0.2) is 9.15 Å². The van der Waals surface area contributed by atoms with E-state index in [2.05, 4.69) is 29.5 Å². The molecule has 1 nitrogen and oxygen atoms in total. The summed E-state index contributed by atoms with van der Waals surface area (Å²) in [4.78, 5) is 11.6. The maximum absolute atomic E-state index is 11.6. The Kier molecular flexibility index (Phi) is 4.99. The van der Waals surface area contributed by atoms with Crippen LogP contribution in [0.1, 0.15) is 51.9 Å². The maximum atomic E-state index is 11.6. The van der Waals surface area contributed by atoms with Gasteiger partial charge in [0.15, 0.2) is 5.78 Å². The van der Waals surface area contributed by atoms with Crippen molar-refractivity contribution in [3.63, 3.8) is 0 Å². The lowest BCUT2D eigenvalue weighted by Gasteiger charge is -2.02. The van der Waals surface area contributed by atoms with Crippen molar-refractivity contribution in [2.45, 2.75) is 51.9 Å². The summed E-state index contributed by atoms with van der Waals surface area (Å²) >= 11 is 2.24. The summed E-state index contributed by atoms with van der Waals surface area (Å²) in [6.45, 7) is 2.13. The number of halogens is 1. The summed E-state index contributed by atoms with van der Waals surface area (Å²) in [6.07, 6.45) is 7.79. The third-order valence-corrected chi connectivity index (χ3v) is 3.88. The molecule has 0 N–H and O–H groups in total. The predicted octanol–water partition coefficient (Wildman–Crippen LogP) is 4.01. The second-order valence-electron chi connectivity index (χ2n) is 3.65. The molecule has 0 bridgehead atoms. The lowest BCUT2D eigenvalue weighted by atomic mass is 10.1. The van der Waals surface area contributed by atoms with Crippen molar-refractivity contribution < 1.29 is 4.79 Å². The fraction of sp³-hybridized carbons (Fsp3) is 0.727. The van der Waals surface area contributed by atoms with Gasteiger partial charge < -0.3 is 0 Å². The minimum absolute atomic E-state index is 0.374. The molecule has 1 aliphatic carbocycles. The Morgan fingerprint density at radius 1 is 1.38 bits per heavy atom. The van der Waals surface area contributed by atoms with E-state index in [1.54, 1.807) is 0 Å². The zero-order valence-corrected chi connectivity index (χ0v) is 10.4. The van der Waals surface area contributed by atoms with Crippen LogP contribution >= 0.6 is 22.6 Å². The van der Waals surface area contributed by atoms with Crippen molar-refractivity contribution in [1.29, 1.82) is 0 Å². The lowest BCUT2D eigenvalue weighted by molar-refractivity contribution is -0.114. The van der Waals surface area contributed by atoms with Gasteiger partial charge in [0.2, 0.25) is 0 Å². The topological polar surface area (TPSA) is 17.1 Å². The van der Waals surface area contributed by atoms with Gasteiger partial charge in [-0.1, -0.05) is 18.9 Å². The Labute approximate surface area is 94.1 Å². The van der Waals surface area contributed by atoms with E-state index in [1.807, 2.05) is 0 Å². The summed E-state index contributed by atoms with van der Waals surface area (Å²) < 4.78 is 1.04. The first-order chi connectivity index (χ1) is 6.25. The van der Waals surface area contributed by atoms with Gasteiger partial charge in [0.1, 0.15) is 0 Å². The fourth-order valence-corrected chi connectivity index (χ4v) is 2.47. The Balaban J connectivity index is 2.49. The first kappa shape index (κ1) is 11.2. The molecule has 1 fully saturated rings. The molecule has 1 saturated carbocycles. The smallest absolute Gasteiger partial charge is 0.168 e. The molecule has 0 heterocycles. The third-order valence-electron chi connectivity index (χ3n) is 2.52. The van der Waals surface area contributed by atoms with Gasteiger partial charge in [0, 0.05) is 6.42 Å². The molecule has 0 amide bonds. The Bertz CT molecular complexity index is 210. The van der Waals surface area contributed by atoms with Crippen molar-refractivity contribution in [3.8, 4) is 0 Å². The van der Waals surface area contributed by atoms with Crippen molar-refractivity contribution in [2.75, 3.05) is 0 Å². The van der Waals surface area contributed by atoms with Gasteiger partial charge in [-0.3, -0.25) is 4.79 Å². The molecule has 2 heteroatoms. The highest BCUT2D eigenvalue weighted by Gasteiger charge is 2.15. The summed E-state index contributed by atoms with van der Waals surface area (Å²) in [5, 5.41) is 0. The zero-order chi connectivity index (χ0) is 9.68. The van der Waals surface area contributed by atoms with Crippen LogP contribution in [-0.2, 0) is 4.79 Å². The Morgan fingerprint density at radius 2 is 2.00 bits per heavy atom. The van der Waals surface area contributed by atoms with Crippen molar-refractivity contribution >= 4 is 28.4 Å². The Hall–Kier alpha value is 0.140. The number of ketones is 1. The van der Waals surface area contributed by atoms with Gasteiger partial charge in [-0.2, -0.15) is 0 Å². The summed E-state index contributed by atoms with van der Waals surface area (Å²) in [7, 11) is 0. The molecule has 74 valence electrons. The second-order valence-corrected chi connectivity index (χ2v) is 4.73. The van der Waals surface area contributed by atoms with E-state index in [1.165, 1.54) is 18.4 Å². The van der Waals surface area contributed by atoms with E-state index in [9.17, 15) is 4.79 Å². The molecule has 0 radical (unpaired) electrons. The van der Waals surface area contributed by atoms with Crippen LogP contribution in [0.2, 0.25) is 0 Å². The van der Waals surface area contributed by atoms with E-state index >= 15 is 0 Å². The lowest BCUT2D eigenvalue weighted by Crippen LogP contribution is -1.99. The van der Waals surface area contributed by atoms with Crippen LogP contribution in [0.25, 0.3) is 0 Å².